The number of hydrogen-bond donors (Lipinski definition) is 2. The second kappa shape index (κ2) is 8.41. The van der Waals surface area contributed by atoms with Crippen molar-refractivity contribution >= 4 is 12.4 Å². The fraction of sp³-hybridized carbons (Fsp3) is 0.538. The standard InChI is InChI=1S/C13H17F4NO2.ClH/c1-2-4-10(19)11(18)8-5-3-6-9(7-8)20-13(16,17)12(14)15;/h3,5-7,10-12,19H,2,4,18H2,1H3;1H/t10-,11+;/m1./s1. The summed E-state index contributed by atoms with van der Waals surface area (Å²) >= 11 is 0. The third kappa shape index (κ3) is 5.68. The van der Waals surface area contributed by atoms with Gasteiger partial charge < -0.3 is 15.6 Å². The lowest BCUT2D eigenvalue weighted by atomic mass is 9.99. The highest BCUT2D eigenvalue weighted by atomic mass is 35.5. The van der Waals surface area contributed by atoms with Crippen LogP contribution in [0.4, 0.5) is 17.6 Å². The maximum Gasteiger partial charge on any atom is 0.461 e. The third-order valence-corrected chi connectivity index (χ3v) is 2.75. The minimum Gasteiger partial charge on any atom is -0.428 e. The zero-order valence-electron chi connectivity index (χ0n) is 11.3. The van der Waals surface area contributed by atoms with Crippen LogP contribution in [0.5, 0.6) is 5.75 Å². The molecule has 0 saturated carbocycles. The van der Waals surface area contributed by atoms with Gasteiger partial charge >= 0.3 is 12.5 Å². The minimum atomic E-state index is -4.56. The zero-order chi connectivity index (χ0) is 15.3. The highest BCUT2D eigenvalue weighted by molar-refractivity contribution is 5.85. The Morgan fingerprint density at radius 1 is 1.33 bits per heavy atom. The van der Waals surface area contributed by atoms with Gasteiger partial charge in [0.15, 0.2) is 0 Å². The summed E-state index contributed by atoms with van der Waals surface area (Å²) in [7, 11) is 0. The van der Waals surface area contributed by atoms with Gasteiger partial charge in [0.1, 0.15) is 5.75 Å². The normalized spacial score (nSPS) is 14.5. The molecular weight excluding hydrogens is 314 g/mol. The van der Waals surface area contributed by atoms with Crippen LogP contribution in [0.3, 0.4) is 0 Å². The molecule has 0 aromatic heterocycles. The summed E-state index contributed by atoms with van der Waals surface area (Å²) in [6, 6.07) is 4.32. The van der Waals surface area contributed by atoms with Crippen LogP contribution in [-0.2, 0) is 0 Å². The second-order valence-corrected chi connectivity index (χ2v) is 4.42. The van der Waals surface area contributed by atoms with E-state index in [1.807, 2.05) is 6.92 Å². The molecule has 1 aromatic carbocycles. The summed E-state index contributed by atoms with van der Waals surface area (Å²) in [6.07, 6.45) is -8.19. The molecular formula is C13H18ClF4NO2. The first-order valence-corrected chi connectivity index (χ1v) is 6.16. The van der Waals surface area contributed by atoms with Crippen molar-refractivity contribution in [1.29, 1.82) is 0 Å². The van der Waals surface area contributed by atoms with Crippen molar-refractivity contribution in [3.8, 4) is 5.75 Å². The molecule has 0 unspecified atom stereocenters. The highest BCUT2D eigenvalue weighted by Gasteiger charge is 2.44. The molecule has 21 heavy (non-hydrogen) atoms. The molecule has 0 aliphatic carbocycles. The fourth-order valence-corrected chi connectivity index (χ4v) is 1.68. The number of aliphatic hydroxyl groups excluding tert-OH is 1. The first-order chi connectivity index (χ1) is 9.27. The molecule has 0 heterocycles. The van der Waals surface area contributed by atoms with E-state index in [9.17, 15) is 22.7 Å². The average molecular weight is 332 g/mol. The van der Waals surface area contributed by atoms with Gasteiger partial charge in [-0.05, 0) is 24.1 Å². The molecule has 2 atom stereocenters. The lowest BCUT2D eigenvalue weighted by Crippen LogP contribution is -2.33. The molecule has 0 spiro atoms. The fourth-order valence-electron chi connectivity index (χ4n) is 1.68. The monoisotopic (exact) mass is 331 g/mol. The van der Waals surface area contributed by atoms with Crippen molar-refractivity contribution in [2.45, 2.75) is 44.4 Å². The number of hydrogen-bond acceptors (Lipinski definition) is 3. The number of alkyl halides is 4. The maximum absolute atomic E-state index is 12.8. The number of rotatable bonds is 7. The van der Waals surface area contributed by atoms with Gasteiger partial charge in [0.25, 0.3) is 0 Å². The Balaban J connectivity index is 0.00000400. The molecule has 0 radical (unpaired) electrons. The largest absolute Gasteiger partial charge is 0.461 e. The first kappa shape index (κ1) is 19.9. The van der Waals surface area contributed by atoms with Crippen LogP contribution < -0.4 is 10.5 Å². The van der Waals surface area contributed by atoms with E-state index in [1.165, 1.54) is 12.1 Å². The summed E-state index contributed by atoms with van der Waals surface area (Å²) in [5, 5.41) is 9.75. The summed E-state index contributed by atoms with van der Waals surface area (Å²) in [6.45, 7) is 1.86. The van der Waals surface area contributed by atoms with Crippen molar-refractivity contribution in [3.05, 3.63) is 29.8 Å². The molecule has 0 bridgehead atoms. The number of halogens is 5. The molecule has 0 aliphatic rings. The van der Waals surface area contributed by atoms with E-state index >= 15 is 0 Å². The van der Waals surface area contributed by atoms with Crippen LogP contribution in [0.1, 0.15) is 31.4 Å². The van der Waals surface area contributed by atoms with Crippen molar-refractivity contribution < 1.29 is 27.4 Å². The highest BCUT2D eigenvalue weighted by Crippen LogP contribution is 2.29. The number of nitrogens with two attached hydrogens (primary N) is 1. The van der Waals surface area contributed by atoms with Crippen molar-refractivity contribution in [2.75, 3.05) is 0 Å². The van der Waals surface area contributed by atoms with E-state index in [0.717, 1.165) is 12.1 Å². The number of benzene rings is 1. The predicted octanol–water partition coefficient (Wildman–Crippen LogP) is 3.51. The Morgan fingerprint density at radius 3 is 2.48 bits per heavy atom. The van der Waals surface area contributed by atoms with Gasteiger partial charge in [0.05, 0.1) is 12.1 Å². The molecule has 0 saturated heterocycles. The van der Waals surface area contributed by atoms with Crippen LogP contribution >= 0.6 is 12.4 Å². The molecule has 0 aliphatic heterocycles. The van der Waals surface area contributed by atoms with E-state index in [2.05, 4.69) is 4.74 Å². The van der Waals surface area contributed by atoms with Crippen LogP contribution in [0.25, 0.3) is 0 Å². The van der Waals surface area contributed by atoms with Crippen molar-refractivity contribution in [3.63, 3.8) is 0 Å². The van der Waals surface area contributed by atoms with Crippen LogP contribution in [0, 0.1) is 0 Å². The first-order valence-electron chi connectivity index (χ1n) is 6.16. The third-order valence-electron chi connectivity index (χ3n) is 2.75. The maximum atomic E-state index is 12.8. The molecule has 8 heteroatoms. The predicted molar refractivity (Wildman–Crippen MR) is 73.1 cm³/mol. The van der Waals surface area contributed by atoms with E-state index in [0.29, 0.717) is 18.4 Å². The molecule has 122 valence electrons. The Bertz CT molecular complexity index is 434. The van der Waals surface area contributed by atoms with E-state index < -0.39 is 30.4 Å². The number of aliphatic hydroxyl groups is 1. The van der Waals surface area contributed by atoms with E-state index in [1.54, 1.807) is 0 Å². The summed E-state index contributed by atoms with van der Waals surface area (Å²) < 4.78 is 53.6. The Hall–Kier alpha value is -1.05. The van der Waals surface area contributed by atoms with Gasteiger partial charge in [-0.15, -0.1) is 12.4 Å². The van der Waals surface area contributed by atoms with Gasteiger partial charge in [-0.2, -0.15) is 17.6 Å². The summed E-state index contributed by atoms with van der Waals surface area (Å²) in [4.78, 5) is 0. The lowest BCUT2D eigenvalue weighted by molar-refractivity contribution is -0.253. The Kier molecular flexibility index (Phi) is 7.99. The SMILES string of the molecule is CCC[C@@H](O)[C@@H](N)c1cccc(OC(F)(F)C(F)F)c1.Cl. The summed E-state index contributed by atoms with van der Waals surface area (Å²) in [5.41, 5.74) is 6.12. The van der Waals surface area contributed by atoms with Gasteiger partial charge in [0.2, 0.25) is 0 Å². The van der Waals surface area contributed by atoms with Crippen molar-refractivity contribution in [1.82, 2.24) is 0 Å². The summed E-state index contributed by atoms with van der Waals surface area (Å²) in [5.74, 6) is -0.424. The molecule has 3 N–H and O–H groups in total. The van der Waals surface area contributed by atoms with Gasteiger partial charge in [0, 0.05) is 0 Å². The average Bonchev–Trinajstić information content (AvgIpc) is 2.37. The van der Waals surface area contributed by atoms with Crippen LogP contribution in [0.2, 0.25) is 0 Å². The molecule has 1 aromatic rings. The van der Waals surface area contributed by atoms with E-state index in [4.69, 9.17) is 5.73 Å². The zero-order valence-corrected chi connectivity index (χ0v) is 12.1. The quantitative estimate of drug-likeness (QED) is 0.752. The molecule has 1 rings (SSSR count). The lowest BCUT2D eigenvalue weighted by Gasteiger charge is -2.21. The smallest absolute Gasteiger partial charge is 0.428 e. The Morgan fingerprint density at radius 2 is 1.95 bits per heavy atom. The van der Waals surface area contributed by atoms with Crippen LogP contribution in [-0.4, -0.2) is 23.7 Å². The van der Waals surface area contributed by atoms with Gasteiger partial charge in [-0.3, -0.25) is 0 Å². The Labute approximate surface area is 126 Å². The van der Waals surface area contributed by atoms with E-state index in [-0.39, 0.29) is 12.4 Å². The molecule has 0 amide bonds. The van der Waals surface area contributed by atoms with Gasteiger partial charge in [-0.1, -0.05) is 25.5 Å². The van der Waals surface area contributed by atoms with Crippen LogP contribution in [0.15, 0.2) is 24.3 Å². The number of ether oxygens (including phenoxy) is 1. The molecule has 3 nitrogen and oxygen atoms in total. The van der Waals surface area contributed by atoms with Crippen molar-refractivity contribution in [2.24, 2.45) is 5.73 Å². The molecule has 0 fully saturated rings. The van der Waals surface area contributed by atoms with Gasteiger partial charge in [-0.25, -0.2) is 0 Å². The second-order valence-electron chi connectivity index (χ2n) is 4.42. The topological polar surface area (TPSA) is 55.5 Å². The minimum absolute atomic E-state index is 0.